The molecule has 142 valence electrons. The van der Waals surface area contributed by atoms with Gasteiger partial charge in [0.2, 0.25) is 0 Å². The van der Waals surface area contributed by atoms with Crippen LogP contribution in [0.3, 0.4) is 0 Å². The van der Waals surface area contributed by atoms with Gasteiger partial charge in [0.1, 0.15) is 11.2 Å². The van der Waals surface area contributed by atoms with E-state index < -0.39 is 17.4 Å². The lowest BCUT2D eigenvalue weighted by Crippen LogP contribution is -2.28. The zero-order chi connectivity index (χ0) is 20.4. The number of benzene rings is 3. The van der Waals surface area contributed by atoms with Crippen LogP contribution in [0.1, 0.15) is 22.8 Å². The van der Waals surface area contributed by atoms with Gasteiger partial charge in [0.05, 0.1) is 5.56 Å². The number of rotatable bonds is 4. The molecule has 0 radical (unpaired) electrons. The molecule has 0 bridgehead atoms. The molecule has 2 nitrogen and oxygen atoms in total. The van der Waals surface area contributed by atoms with E-state index in [0.29, 0.717) is 5.56 Å². The van der Waals surface area contributed by atoms with Crippen molar-refractivity contribution < 1.29 is 13.9 Å². The maximum atomic E-state index is 14.2. The molecule has 0 aliphatic rings. The third-order valence-electron chi connectivity index (χ3n) is 4.84. The van der Waals surface area contributed by atoms with Crippen molar-refractivity contribution in [3.05, 3.63) is 101 Å². The molecule has 0 fully saturated rings. The fourth-order valence-electron chi connectivity index (χ4n) is 3.23. The molecule has 0 saturated heterocycles. The quantitative estimate of drug-likeness (QED) is 0.224. The fraction of sp³-hybridized carbons (Fsp3) is 0.0800. The second-order valence-electron chi connectivity index (χ2n) is 6.75. The van der Waals surface area contributed by atoms with Crippen molar-refractivity contribution in [1.29, 1.82) is 0 Å². The number of carbonyl (C=O) groups excluding carboxylic acids is 1. The number of thiophene rings is 1. The minimum absolute atomic E-state index is 0.154. The van der Waals surface area contributed by atoms with Crippen molar-refractivity contribution in [1.82, 2.24) is 0 Å². The first-order valence-electron chi connectivity index (χ1n) is 9.08. The van der Waals surface area contributed by atoms with E-state index >= 15 is 0 Å². The molecule has 3 aromatic carbocycles. The summed E-state index contributed by atoms with van der Waals surface area (Å²) in [5, 5.41) is 3.39. The van der Waals surface area contributed by atoms with Gasteiger partial charge in [0.25, 0.3) is 0 Å². The summed E-state index contributed by atoms with van der Waals surface area (Å²) in [5.74, 6) is 1.31. The summed E-state index contributed by atoms with van der Waals surface area (Å²) in [5.41, 5.74) is -0.969. The second-order valence-corrected chi connectivity index (χ2v) is 8.61. The van der Waals surface area contributed by atoms with Crippen LogP contribution in [0.4, 0.5) is 4.39 Å². The molecule has 0 spiro atoms. The Morgan fingerprint density at radius 2 is 1.69 bits per heavy atom. The lowest BCUT2D eigenvalue weighted by Gasteiger charge is -2.24. The first-order valence-corrected chi connectivity index (χ1v) is 10.4. The SMILES string of the molecule is C#CC(C)(OC(=O)c1ccc(-[s+]2ccc3ccccc32)cc1)c1ccccc1F. The first kappa shape index (κ1) is 18.9. The van der Waals surface area contributed by atoms with E-state index in [1.165, 1.54) is 29.1 Å². The Balaban J connectivity index is 1.60. The van der Waals surface area contributed by atoms with Gasteiger partial charge in [-0.15, -0.1) is 6.42 Å². The molecule has 1 heterocycles. The van der Waals surface area contributed by atoms with Crippen LogP contribution in [0.25, 0.3) is 15.0 Å². The van der Waals surface area contributed by atoms with Gasteiger partial charge >= 0.3 is 5.97 Å². The van der Waals surface area contributed by atoms with Crippen molar-refractivity contribution in [2.24, 2.45) is 0 Å². The zero-order valence-corrected chi connectivity index (χ0v) is 16.6. The van der Waals surface area contributed by atoms with E-state index in [9.17, 15) is 9.18 Å². The Hall–Kier alpha value is -3.42. The highest BCUT2D eigenvalue weighted by Crippen LogP contribution is 2.39. The van der Waals surface area contributed by atoms with Crippen LogP contribution in [-0.4, -0.2) is 5.97 Å². The molecule has 29 heavy (non-hydrogen) atoms. The molecular weight excluding hydrogens is 383 g/mol. The predicted molar refractivity (Wildman–Crippen MR) is 116 cm³/mol. The summed E-state index contributed by atoms with van der Waals surface area (Å²) in [6, 6.07) is 23.7. The molecule has 2 atom stereocenters. The van der Waals surface area contributed by atoms with E-state index in [4.69, 9.17) is 11.2 Å². The normalized spacial score (nSPS) is 13.5. The van der Waals surface area contributed by atoms with Crippen molar-refractivity contribution in [3.63, 3.8) is 0 Å². The molecule has 0 saturated carbocycles. The third-order valence-corrected chi connectivity index (χ3v) is 6.88. The fourth-order valence-corrected chi connectivity index (χ4v) is 5.12. The minimum Gasteiger partial charge on any atom is -0.438 e. The van der Waals surface area contributed by atoms with Gasteiger partial charge in [-0.1, -0.05) is 36.3 Å². The lowest BCUT2D eigenvalue weighted by atomic mass is 9.96. The second kappa shape index (κ2) is 7.54. The summed E-state index contributed by atoms with van der Waals surface area (Å²) >= 11 is 0. The zero-order valence-electron chi connectivity index (χ0n) is 15.8. The molecule has 0 N–H and O–H groups in total. The van der Waals surface area contributed by atoms with Crippen LogP contribution in [-0.2, 0) is 10.3 Å². The molecule has 0 aliphatic carbocycles. The minimum atomic E-state index is -1.49. The Morgan fingerprint density at radius 3 is 2.41 bits per heavy atom. The average Bonchev–Trinajstić information content (AvgIpc) is 3.18. The highest BCUT2D eigenvalue weighted by Gasteiger charge is 2.32. The van der Waals surface area contributed by atoms with Gasteiger partial charge in [-0.2, -0.15) is 0 Å². The van der Waals surface area contributed by atoms with Gasteiger partial charge in [-0.25, -0.2) is 9.18 Å². The Kier molecular flexibility index (Phi) is 4.92. The van der Waals surface area contributed by atoms with Crippen molar-refractivity contribution in [2.75, 3.05) is 0 Å². The van der Waals surface area contributed by atoms with Crippen molar-refractivity contribution in [2.45, 2.75) is 12.5 Å². The maximum absolute atomic E-state index is 14.2. The highest BCUT2D eigenvalue weighted by atomic mass is 32.2. The summed E-state index contributed by atoms with van der Waals surface area (Å²) in [7, 11) is -0.155. The van der Waals surface area contributed by atoms with Crippen LogP contribution in [0.5, 0.6) is 0 Å². The predicted octanol–water partition coefficient (Wildman–Crippen LogP) is 6.42. The highest BCUT2D eigenvalue weighted by molar-refractivity contribution is 7.43. The number of fused-ring (bicyclic) bond motifs is 1. The molecule has 4 rings (SSSR count). The van der Waals surface area contributed by atoms with Crippen LogP contribution >= 0.6 is 10.5 Å². The number of halogens is 1. The topological polar surface area (TPSA) is 26.3 Å². The maximum Gasteiger partial charge on any atom is 0.339 e. The van der Waals surface area contributed by atoms with Crippen molar-refractivity contribution >= 4 is 26.5 Å². The third kappa shape index (κ3) is 3.53. The van der Waals surface area contributed by atoms with E-state index in [-0.39, 0.29) is 16.0 Å². The number of hydrogen-bond donors (Lipinski definition) is 0. The van der Waals surface area contributed by atoms with Gasteiger partial charge in [0, 0.05) is 27.5 Å². The number of carbonyl (C=O) groups is 1. The van der Waals surface area contributed by atoms with E-state index in [1.54, 1.807) is 24.3 Å². The monoisotopic (exact) mass is 401 g/mol. The Bertz CT molecular complexity index is 1230. The van der Waals surface area contributed by atoms with Gasteiger partial charge in [-0.3, -0.25) is 0 Å². The van der Waals surface area contributed by atoms with Crippen LogP contribution in [0.2, 0.25) is 0 Å². The van der Waals surface area contributed by atoms with Crippen molar-refractivity contribution in [3.8, 4) is 17.2 Å². The number of terminal acetylenes is 1. The number of hydrogen-bond acceptors (Lipinski definition) is 2. The lowest BCUT2D eigenvalue weighted by molar-refractivity contribution is 0.0118. The summed E-state index contributed by atoms with van der Waals surface area (Å²) in [6.07, 6.45) is 5.59. The van der Waals surface area contributed by atoms with E-state index in [0.717, 1.165) is 4.90 Å². The largest absolute Gasteiger partial charge is 0.438 e. The van der Waals surface area contributed by atoms with E-state index in [2.05, 4.69) is 29.5 Å². The summed E-state index contributed by atoms with van der Waals surface area (Å²) in [4.78, 5) is 13.8. The smallest absolute Gasteiger partial charge is 0.339 e. The van der Waals surface area contributed by atoms with Gasteiger partial charge in [0.15, 0.2) is 15.2 Å². The summed E-state index contributed by atoms with van der Waals surface area (Å²) < 4.78 is 21.0. The average molecular weight is 401 g/mol. The standard InChI is InChI=1S/C25H18FO2S/c1-3-25(2,21-9-5-6-10-22(21)26)28-24(27)19-12-14-20(15-13-19)29-17-16-18-8-4-7-11-23(18)29/h1,4-17H,2H3/q+1. The Morgan fingerprint density at radius 1 is 1.00 bits per heavy atom. The summed E-state index contributed by atoms with van der Waals surface area (Å²) in [6.45, 7) is 1.51. The first-order chi connectivity index (χ1) is 14.0. The molecule has 4 heteroatoms. The molecule has 4 aromatic rings. The van der Waals surface area contributed by atoms with Crippen LogP contribution < -0.4 is 0 Å². The molecular formula is C25H18FO2S+. The van der Waals surface area contributed by atoms with Crippen LogP contribution in [0.15, 0.2) is 84.2 Å². The van der Waals surface area contributed by atoms with Crippen LogP contribution in [0, 0.1) is 18.2 Å². The number of esters is 1. The Labute approximate surface area is 171 Å². The molecule has 0 amide bonds. The number of ether oxygens (including phenoxy) is 1. The van der Waals surface area contributed by atoms with Gasteiger partial charge in [-0.05, 0) is 49.4 Å². The molecule has 0 aliphatic heterocycles. The molecule has 2 unspecified atom stereocenters. The molecule has 1 aromatic heterocycles. The van der Waals surface area contributed by atoms with Gasteiger partial charge < -0.3 is 4.74 Å². The van der Waals surface area contributed by atoms with E-state index in [1.807, 2.05) is 24.3 Å².